The summed E-state index contributed by atoms with van der Waals surface area (Å²) < 4.78 is 32.5. The van der Waals surface area contributed by atoms with Gasteiger partial charge in [-0.2, -0.15) is 8.42 Å². The van der Waals surface area contributed by atoms with Gasteiger partial charge in [-0.05, 0) is 30.9 Å². The second-order valence-corrected chi connectivity index (χ2v) is 11.2. The highest BCUT2D eigenvalue weighted by Gasteiger charge is 2.38. The number of imide groups is 1. The lowest BCUT2D eigenvalue weighted by Gasteiger charge is -2.25. The summed E-state index contributed by atoms with van der Waals surface area (Å²) in [6.45, 7) is 0.750. The van der Waals surface area contributed by atoms with Gasteiger partial charge < -0.3 is 9.13 Å². The minimum Gasteiger partial charge on any atom is -0.350 e. The minimum absolute atomic E-state index is 0.0305. The molecule has 2 aliphatic rings. The molecular formula is C27H25N3O5S. The van der Waals surface area contributed by atoms with Crippen LogP contribution in [0.1, 0.15) is 23.2 Å². The standard InChI is InChI=1S/C27H25N3O5S/c1-29-14-19(17-7-3-5-9-20(17)29)24-25(27(32)28-26(24)31)23-18-8-4-6-10-21(18)30-12-11-16(13-22(23)30)15-35-36(2,33)34/h3-10,14,16H,11-13,15H2,1-2H3,(H,28,31,32). The molecule has 8 nitrogen and oxygen atoms in total. The molecule has 1 unspecified atom stereocenters. The van der Waals surface area contributed by atoms with Crippen molar-refractivity contribution in [2.75, 3.05) is 12.9 Å². The van der Waals surface area contributed by atoms with Gasteiger partial charge in [0.05, 0.1) is 24.0 Å². The van der Waals surface area contributed by atoms with Crippen molar-refractivity contribution < 1.29 is 22.2 Å². The molecule has 0 spiro atoms. The maximum atomic E-state index is 13.4. The summed E-state index contributed by atoms with van der Waals surface area (Å²) in [7, 11) is -1.64. The van der Waals surface area contributed by atoms with Gasteiger partial charge in [0.2, 0.25) is 0 Å². The van der Waals surface area contributed by atoms with Gasteiger partial charge in [0.15, 0.2) is 0 Å². The van der Waals surface area contributed by atoms with Crippen LogP contribution in [0.25, 0.3) is 33.0 Å². The Balaban J connectivity index is 1.59. The number of aryl methyl sites for hydroxylation is 2. The van der Waals surface area contributed by atoms with E-state index in [0.717, 1.165) is 45.7 Å². The predicted molar refractivity (Wildman–Crippen MR) is 137 cm³/mol. The van der Waals surface area contributed by atoms with Crippen molar-refractivity contribution >= 4 is 54.9 Å². The third-order valence-electron chi connectivity index (χ3n) is 7.19. The van der Waals surface area contributed by atoms with Crippen molar-refractivity contribution in [1.29, 1.82) is 0 Å². The molecule has 2 aromatic carbocycles. The molecule has 0 aliphatic carbocycles. The van der Waals surface area contributed by atoms with E-state index in [2.05, 4.69) is 9.88 Å². The molecule has 2 aromatic heterocycles. The Morgan fingerprint density at radius 1 is 0.972 bits per heavy atom. The first kappa shape index (κ1) is 22.8. The van der Waals surface area contributed by atoms with Crippen molar-refractivity contribution in [2.24, 2.45) is 13.0 Å². The van der Waals surface area contributed by atoms with Crippen LogP contribution in [0.5, 0.6) is 0 Å². The second-order valence-electron chi connectivity index (χ2n) is 9.54. The number of para-hydroxylation sites is 2. The van der Waals surface area contributed by atoms with Crippen LogP contribution in [-0.4, -0.2) is 42.2 Å². The number of carbonyl (C=O) groups is 2. The van der Waals surface area contributed by atoms with E-state index in [1.54, 1.807) is 0 Å². The Morgan fingerprint density at radius 2 is 1.64 bits per heavy atom. The highest BCUT2D eigenvalue weighted by atomic mass is 32.2. The molecule has 6 rings (SSSR count). The van der Waals surface area contributed by atoms with Gasteiger partial charge in [0.25, 0.3) is 21.9 Å². The van der Waals surface area contributed by atoms with Crippen LogP contribution >= 0.6 is 0 Å². The van der Waals surface area contributed by atoms with Gasteiger partial charge in [-0.1, -0.05) is 36.4 Å². The van der Waals surface area contributed by atoms with Crippen LogP contribution < -0.4 is 5.32 Å². The summed E-state index contributed by atoms with van der Waals surface area (Å²) in [5.41, 5.74) is 5.05. The smallest absolute Gasteiger partial charge is 0.264 e. The van der Waals surface area contributed by atoms with Crippen LogP contribution in [0, 0.1) is 5.92 Å². The van der Waals surface area contributed by atoms with Crippen LogP contribution in [0.15, 0.2) is 54.7 Å². The second kappa shape index (κ2) is 8.18. The third kappa shape index (κ3) is 3.58. The fourth-order valence-corrected chi connectivity index (χ4v) is 6.08. The van der Waals surface area contributed by atoms with Gasteiger partial charge >= 0.3 is 0 Å². The Morgan fingerprint density at radius 3 is 2.39 bits per heavy atom. The maximum Gasteiger partial charge on any atom is 0.264 e. The molecule has 36 heavy (non-hydrogen) atoms. The number of hydrogen-bond acceptors (Lipinski definition) is 5. The molecule has 4 aromatic rings. The van der Waals surface area contributed by atoms with Gasteiger partial charge in [-0.3, -0.25) is 19.1 Å². The average Bonchev–Trinajstić information content (AvgIpc) is 3.45. The van der Waals surface area contributed by atoms with E-state index >= 15 is 0 Å². The van der Waals surface area contributed by atoms with E-state index in [0.29, 0.717) is 29.7 Å². The van der Waals surface area contributed by atoms with E-state index in [9.17, 15) is 18.0 Å². The summed E-state index contributed by atoms with van der Waals surface area (Å²) >= 11 is 0. The summed E-state index contributed by atoms with van der Waals surface area (Å²) in [6, 6.07) is 15.7. The molecule has 184 valence electrons. The van der Waals surface area contributed by atoms with Crippen LogP contribution in [0.4, 0.5) is 0 Å². The SMILES string of the molecule is Cn1cc(C2=C(c3c4n(c5ccccc35)CCC(COS(C)(=O)=O)C4)C(=O)NC2=O)c2ccccc21. The summed E-state index contributed by atoms with van der Waals surface area (Å²) in [4.78, 5) is 26.6. The lowest BCUT2D eigenvalue weighted by atomic mass is 9.89. The molecule has 0 fully saturated rings. The zero-order chi connectivity index (χ0) is 25.2. The molecule has 0 saturated heterocycles. The van der Waals surface area contributed by atoms with Crippen molar-refractivity contribution in [1.82, 2.24) is 14.5 Å². The van der Waals surface area contributed by atoms with E-state index < -0.39 is 21.9 Å². The number of aromatic nitrogens is 2. The van der Waals surface area contributed by atoms with Gasteiger partial charge in [-0.15, -0.1) is 0 Å². The topological polar surface area (TPSA) is 99.4 Å². The lowest BCUT2D eigenvalue weighted by molar-refractivity contribution is -0.122. The molecule has 0 saturated carbocycles. The maximum absolute atomic E-state index is 13.4. The molecule has 1 atom stereocenters. The average molecular weight is 504 g/mol. The fraction of sp³-hybridized carbons (Fsp3) is 0.259. The summed E-state index contributed by atoms with van der Waals surface area (Å²) in [5.74, 6) is -0.864. The number of rotatable bonds is 5. The first-order valence-electron chi connectivity index (χ1n) is 11.8. The fourth-order valence-electron chi connectivity index (χ4n) is 5.64. The number of nitrogens with zero attached hydrogens (tertiary/aromatic N) is 2. The van der Waals surface area contributed by atoms with Crippen LogP contribution in [0.3, 0.4) is 0 Å². The molecule has 0 radical (unpaired) electrons. The number of carbonyl (C=O) groups excluding carboxylic acids is 2. The van der Waals surface area contributed by atoms with Crippen LogP contribution in [0.2, 0.25) is 0 Å². The zero-order valence-corrected chi connectivity index (χ0v) is 20.8. The van der Waals surface area contributed by atoms with Gasteiger partial charge in [-0.25, -0.2) is 0 Å². The Bertz CT molecular complexity index is 1720. The number of nitrogens with one attached hydrogen (secondary N) is 1. The molecule has 2 amide bonds. The molecule has 1 N–H and O–H groups in total. The van der Waals surface area contributed by atoms with Crippen LogP contribution in [-0.2, 0) is 43.9 Å². The number of fused-ring (bicyclic) bond motifs is 4. The summed E-state index contributed by atoms with van der Waals surface area (Å²) in [5, 5.41) is 4.33. The normalized spacial score (nSPS) is 18.3. The Hall–Kier alpha value is -3.69. The molecule has 9 heteroatoms. The molecule has 2 aliphatic heterocycles. The molecular weight excluding hydrogens is 478 g/mol. The van der Waals surface area contributed by atoms with E-state index in [-0.39, 0.29) is 12.5 Å². The highest BCUT2D eigenvalue weighted by molar-refractivity contribution is 7.85. The zero-order valence-electron chi connectivity index (χ0n) is 19.9. The summed E-state index contributed by atoms with van der Waals surface area (Å²) in [6.07, 6.45) is 4.23. The van der Waals surface area contributed by atoms with Crippen molar-refractivity contribution in [2.45, 2.75) is 19.4 Å². The molecule has 4 heterocycles. The first-order valence-corrected chi connectivity index (χ1v) is 13.6. The Labute approximate surface area is 208 Å². The highest BCUT2D eigenvalue weighted by Crippen LogP contribution is 2.42. The largest absolute Gasteiger partial charge is 0.350 e. The number of amides is 2. The number of hydrogen-bond donors (Lipinski definition) is 1. The molecule has 0 bridgehead atoms. The predicted octanol–water partition coefficient (Wildman–Crippen LogP) is 3.24. The van der Waals surface area contributed by atoms with Gasteiger partial charge in [0.1, 0.15) is 0 Å². The number of benzene rings is 2. The third-order valence-corrected chi connectivity index (χ3v) is 7.75. The quantitative estimate of drug-likeness (QED) is 0.333. The monoisotopic (exact) mass is 503 g/mol. The minimum atomic E-state index is -3.56. The van der Waals surface area contributed by atoms with Gasteiger partial charge in [0, 0.05) is 58.4 Å². The van der Waals surface area contributed by atoms with Crippen molar-refractivity contribution in [3.63, 3.8) is 0 Å². The van der Waals surface area contributed by atoms with E-state index in [1.807, 2.05) is 66.3 Å². The van der Waals surface area contributed by atoms with Crippen molar-refractivity contribution in [3.05, 3.63) is 71.5 Å². The van der Waals surface area contributed by atoms with E-state index in [1.165, 1.54) is 0 Å². The Kier molecular flexibility index (Phi) is 5.17. The van der Waals surface area contributed by atoms with Crippen molar-refractivity contribution in [3.8, 4) is 0 Å². The van der Waals surface area contributed by atoms with E-state index in [4.69, 9.17) is 4.18 Å². The first-order chi connectivity index (χ1) is 17.2. The lowest BCUT2D eigenvalue weighted by Crippen LogP contribution is -2.25.